The largest absolute Gasteiger partial charge is 0.378 e. The van der Waals surface area contributed by atoms with Crippen LogP contribution in [0.3, 0.4) is 0 Å². The van der Waals surface area contributed by atoms with E-state index in [0.717, 1.165) is 49.0 Å². The minimum atomic E-state index is -3.20. The third kappa shape index (κ3) is 3.58. The molecule has 1 aromatic rings. The summed E-state index contributed by atoms with van der Waals surface area (Å²) >= 11 is 0. The molecule has 1 aromatic heterocycles. The second kappa shape index (κ2) is 6.69. The molecule has 1 saturated carbocycles. The zero-order valence-corrected chi connectivity index (χ0v) is 15.4. The predicted molar refractivity (Wildman–Crippen MR) is 95.3 cm³/mol. The van der Waals surface area contributed by atoms with Crippen LogP contribution in [0.25, 0.3) is 0 Å². The number of rotatable bonds is 5. The summed E-state index contributed by atoms with van der Waals surface area (Å²) in [4.78, 5) is 11.7. The van der Waals surface area contributed by atoms with Gasteiger partial charge in [-0.25, -0.2) is 13.4 Å². The van der Waals surface area contributed by atoms with E-state index < -0.39 is 10.0 Å². The molecule has 138 valence electrons. The van der Waals surface area contributed by atoms with Crippen LogP contribution < -0.4 is 10.2 Å². The van der Waals surface area contributed by atoms with Crippen molar-refractivity contribution < 1.29 is 13.2 Å². The fraction of sp³-hybridized carbons (Fsp3) is 0.750. The Hall–Kier alpha value is -1.45. The van der Waals surface area contributed by atoms with Gasteiger partial charge in [-0.1, -0.05) is 0 Å². The van der Waals surface area contributed by atoms with Crippen molar-refractivity contribution in [3.63, 3.8) is 0 Å². The number of hydrogen-bond donors (Lipinski definition) is 1. The molecule has 0 spiro atoms. The monoisotopic (exact) mass is 367 g/mol. The zero-order chi connectivity index (χ0) is 17.4. The average Bonchev–Trinajstić information content (AvgIpc) is 3.46. The summed E-state index contributed by atoms with van der Waals surface area (Å²) in [5.74, 6) is 1.67. The Morgan fingerprint density at radius 1 is 1.20 bits per heavy atom. The number of hydrogen-bond acceptors (Lipinski definition) is 7. The highest BCUT2D eigenvalue weighted by Crippen LogP contribution is 2.32. The van der Waals surface area contributed by atoms with Crippen LogP contribution in [0.5, 0.6) is 0 Å². The maximum absolute atomic E-state index is 12.3. The second-order valence-corrected chi connectivity index (χ2v) is 9.06. The van der Waals surface area contributed by atoms with Gasteiger partial charge < -0.3 is 15.0 Å². The van der Waals surface area contributed by atoms with Gasteiger partial charge in [0.1, 0.15) is 5.82 Å². The lowest BCUT2D eigenvalue weighted by atomic mass is 10.1. The van der Waals surface area contributed by atoms with Gasteiger partial charge in [-0.2, -0.15) is 9.29 Å². The first-order valence-electron chi connectivity index (χ1n) is 9.03. The molecule has 0 unspecified atom stereocenters. The van der Waals surface area contributed by atoms with Crippen LogP contribution in [0.2, 0.25) is 0 Å². The summed E-state index contributed by atoms with van der Waals surface area (Å²) in [5.41, 5.74) is 1.91. The highest BCUT2D eigenvalue weighted by atomic mass is 32.2. The molecule has 2 aliphatic heterocycles. The number of sulfonamides is 1. The van der Waals surface area contributed by atoms with Crippen LogP contribution in [0.1, 0.15) is 31.0 Å². The molecule has 1 N–H and O–H groups in total. The molecule has 2 fully saturated rings. The van der Waals surface area contributed by atoms with Crippen LogP contribution in [0, 0.1) is 0 Å². The third-order valence-electron chi connectivity index (χ3n) is 4.98. The van der Waals surface area contributed by atoms with Crippen LogP contribution in [0.4, 0.5) is 11.8 Å². The van der Waals surface area contributed by atoms with E-state index in [1.165, 1.54) is 0 Å². The van der Waals surface area contributed by atoms with Crippen molar-refractivity contribution in [2.75, 3.05) is 48.8 Å². The summed E-state index contributed by atoms with van der Waals surface area (Å²) < 4.78 is 31.5. The Morgan fingerprint density at radius 2 is 1.96 bits per heavy atom. The topological polar surface area (TPSA) is 87.7 Å². The van der Waals surface area contributed by atoms with E-state index in [-0.39, 0.29) is 5.75 Å². The Balaban J connectivity index is 1.67. The van der Waals surface area contributed by atoms with Gasteiger partial charge in [0.2, 0.25) is 16.0 Å². The van der Waals surface area contributed by atoms with Gasteiger partial charge in [-0.05, 0) is 19.8 Å². The molecule has 25 heavy (non-hydrogen) atoms. The van der Waals surface area contributed by atoms with Crippen molar-refractivity contribution in [2.24, 2.45) is 0 Å². The van der Waals surface area contributed by atoms with E-state index in [0.29, 0.717) is 38.8 Å². The first-order valence-corrected chi connectivity index (χ1v) is 10.6. The van der Waals surface area contributed by atoms with Crippen LogP contribution in [-0.4, -0.2) is 67.3 Å². The van der Waals surface area contributed by atoms with Crippen molar-refractivity contribution in [3.8, 4) is 0 Å². The summed E-state index contributed by atoms with van der Waals surface area (Å²) in [6, 6.07) is 0.453. The Bertz CT molecular complexity index is 744. The maximum Gasteiger partial charge on any atom is 0.227 e. The number of nitrogens with one attached hydrogen (secondary N) is 1. The molecule has 0 amide bonds. The minimum Gasteiger partial charge on any atom is -0.378 e. The molecule has 0 bridgehead atoms. The van der Waals surface area contributed by atoms with Gasteiger partial charge in [-0.3, -0.25) is 0 Å². The van der Waals surface area contributed by atoms with Crippen LogP contribution in [-0.2, 0) is 27.7 Å². The quantitative estimate of drug-likeness (QED) is 0.815. The number of anilines is 2. The third-order valence-corrected chi connectivity index (χ3v) is 6.81. The van der Waals surface area contributed by atoms with E-state index in [1.54, 1.807) is 11.2 Å². The Labute approximate surface area is 148 Å². The molecule has 4 rings (SSSR count). The molecule has 0 atom stereocenters. The molecule has 3 aliphatic rings. The van der Waals surface area contributed by atoms with Gasteiger partial charge in [0.15, 0.2) is 0 Å². The summed E-state index contributed by atoms with van der Waals surface area (Å²) in [7, 11) is -3.20. The second-order valence-electron chi connectivity index (χ2n) is 6.80. The molecule has 0 aromatic carbocycles. The van der Waals surface area contributed by atoms with E-state index in [9.17, 15) is 8.42 Å². The number of nitrogens with zero attached hydrogens (tertiary/aromatic N) is 4. The summed E-state index contributed by atoms with van der Waals surface area (Å²) in [6.45, 7) is 5.50. The van der Waals surface area contributed by atoms with E-state index in [4.69, 9.17) is 14.7 Å². The molecule has 0 radical (unpaired) electrons. The minimum absolute atomic E-state index is 0.125. The molecule has 9 heteroatoms. The van der Waals surface area contributed by atoms with Gasteiger partial charge in [0, 0.05) is 44.2 Å². The number of fused-ring (bicyclic) bond motifs is 1. The van der Waals surface area contributed by atoms with Crippen molar-refractivity contribution >= 4 is 21.8 Å². The summed E-state index contributed by atoms with van der Waals surface area (Å²) in [5, 5.41) is 3.48. The highest BCUT2D eigenvalue weighted by molar-refractivity contribution is 7.89. The smallest absolute Gasteiger partial charge is 0.227 e. The predicted octanol–water partition coefficient (Wildman–Crippen LogP) is 0.595. The highest BCUT2D eigenvalue weighted by Gasteiger charge is 2.31. The number of morpholine rings is 1. The normalized spacial score (nSPS) is 21.9. The fourth-order valence-electron chi connectivity index (χ4n) is 3.24. The molecular weight excluding hydrogens is 342 g/mol. The first kappa shape index (κ1) is 17.0. The molecule has 8 nitrogen and oxygen atoms in total. The lowest BCUT2D eigenvalue weighted by Crippen LogP contribution is -2.40. The van der Waals surface area contributed by atoms with Crippen molar-refractivity contribution in [3.05, 3.63) is 11.3 Å². The number of aromatic nitrogens is 2. The SMILES string of the molecule is CCS(=O)(=O)N1CCc2nc(N3CCOCC3)nc(NC3CC3)c2C1. The molecule has 3 heterocycles. The number of ether oxygens (including phenoxy) is 1. The van der Waals surface area contributed by atoms with Gasteiger partial charge >= 0.3 is 0 Å². The molecule has 1 aliphatic carbocycles. The molecular formula is C16H25N5O3S. The van der Waals surface area contributed by atoms with Crippen molar-refractivity contribution in [1.82, 2.24) is 14.3 Å². The summed E-state index contributed by atoms with van der Waals surface area (Å²) in [6.07, 6.45) is 2.92. The molecule has 1 saturated heterocycles. The Morgan fingerprint density at radius 3 is 2.64 bits per heavy atom. The lowest BCUT2D eigenvalue weighted by Gasteiger charge is -2.31. The Kier molecular flexibility index (Phi) is 4.55. The first-order chi connectivity index (χ1) is 12.1. The maximum atomic E-state index is 12.3. The van der Waals surface area contributed by atoms with Crippen LogP contribution >= 0.6 is 0 Å². The van der Waals surface area contributed by atoms with Gasteiger partial charge in [-0.15, -0.1) is 0 Å². The van der Waals surface area contributed by atoms with Crippen molar-refractivity contribution in [1.29, 1.82) is 0 Å². The van der Waals surface area contributed by atoms with Gasteiger partial charge in [0.05, 0.1) is 24.7 Å². The van der Waals surface area contributed by atoms with E-state index >= 15 is 0 Å². The lowest BCUT2D eigenvalue weighted by molar-refractivity contribution is 0.122. The van der Waals surface area contributed by atoms with E-state index in [2.05, 4.69) is 10.2 Å². The fourth-order valence-corrected chi connectivity index (χ4v) is 4.30. The van der Waals surface area contributed by atoms with E-state index in [1.807, 2.05) is 0 Å². The van der Waals surface area contributed by atoms with Gasteiger partial charge in [0.25, 0.3) is 0 Å². The zero-order valence-electron chi connectivity index (χ0n) is 14.6. The van der Waals surface area contributed by atoms with Crippen LogP contribution in [0.15, 0.2) is 0 Å². The van der Waals surface area contributed by atoms with Crippen molar-refractivity contribution in [2.45, 2.75) is 38.8 Å². The average molecular weight is 367 g/mol. The standard InChI is InChI=1S/C16H25N5O3S/c1-2-25(22,23)21-6-5-14-13(11-21)15(17-12-3-4-12)19-16(18-14)20-7-9-24-10-8-20/h12H,2-11H2,1H3,(H,17,18,19).